The number of nitrogens with zero attached hydrogens (tertiary/aromatic N) is 2. The molecular formula is C6H2N2O4. The van der Waals surface area contributed by atoms with Gasteiger partial charge < -0.3 is 0 Å². The van der Waals surface area contributed by atoms with Crippen molar-refractivity contribution in [3.8, 4) is 0 Å². The van der Waals surface area contributed by atoms with Crippen molar-refractivity contribution in [3.05, 3.63) is 44.5 Å². The third-order valence-electron chi connectivity index (χ3n) is 1.14. The highest BCUT2D eigenvalue weighted by Crippen LogP contribution is 2.22. The van der Waals surface area contributed by atoms with Gasteiger partial charge in [-0.3, -0.25) is 20.2 Å². The summed E-state index contributed by atoms with van der Waals surface area (Å²) < 4.78 is 0. The first-order chi connectivity index (χ1) is 5.63. The fourth-order valence-electron chi connectivity index (χ4n) is 0.660. The smallest absolute Gasteiger partial charge is 0.258 e. The molecular weight excluding hydrogens is 164 g/mol. The van der Waals surface area contributed by atoms with Crippen LogP contribution in [0.2, 0.25) is 0 Å². The van der Waals surface area contributed by atoms with Crippen molar-refractivity contribution >= 4 is 11.4 Å². The van der Waals surface area contributed by atoms with Crippen molar-refractivity contribution in [2.75, 3.05) is 0 Å². The normalized spacial score (nSPS) is 8.67. The summed E-state index contributed by atoms with van der Waals surface area (Å²) in [5, 5.41) is 20.4. The Hall–Kier alpha value is -2.16. The molecule has 0 aromatic heterocycles. The molecule has 0 atom stereocenters. The molecule has 0 fully saturated rings. The summed E-state index contributed by atoms with van der Waals surface area (Å²) in [6.45, 7) is 0. The third-order valence-corrected chi connectivity index (χ3v) is 1.14. The first-order valence-corrected chi connectivity index (χ1v) is 2.84. The molecule has 0 spiro atoms. The number of rotatable bonds is 2. The summed E-state index contributed by atoms with van der Waals surface area (Å²) in [5.74, 6) is 0. The molecule has 0 saturated carbocycles. The molecule has 60 valence electrons. The molecule has 0 heterocycles. The first-order valence-electron chi connectivity index (χ1n) is 2.84. The molecule has 6 nitrogen and oxygen atoms in total. The minimum absolute atomic E-state index is 0.571. The molecule has 0 unspecified atom stereocenters. The molecule has 0 radical (unpaired) electrons. The van der Waals surface area contributed by atoms with Gasteiger partial charge in [-0.2, -0.15) is 0 Å². The fourth-order valence-corrected chi connectivity index (χ4v) is 0.660. The summed E-state index contributed by atoms with van der Waals surface area (Å²) in [7, 11) is 0. The topological polar surface area (TPSA) is 86.3 Å². The van der Waals surface area contributed by atoms with Gasteiger partial charge in [0.1, 0.15) is 0 Å². The van der Waals surface area contributed by atoms with Gasteiger partial charge in [-0.05, 0) is 6.07 Å². The van der Waals surface area contributed by atoms with Crippen LogP contribution in [-0.2, 0) is 0 Å². The van der Waals surface area contributed by atoms with E-state index in [0.29, 0.717) is 0 Å². The van der Waals surface area contributed by atoms with E-state index in [1.807, 2.05) is 0 Å². The van der Waals surface area contributed by atoms with E-state index in [2.05, 4.69) is 12.1 Å². The second kappa shape index (κ2) is 2.84. The van der Waals surface area contributed by atoms with Gasteiger partial charge in [0, 0.05) is 12.1 Å². The Labute approximate surface area is 66.7 Å². The molecule has 6 heteroatoms. The van der Waals surface area contributed by atoms with Crippen LogP contribution in [0.3, 0.4) is 0 Å². The SMILES string of the molecule is O=[N+]([O-])c1c#cccc1[N+](=O)[O-]. The lowest BCUT2D eigenvalue weighted by Gasteiger charge is -1.88. The van der Waals surface area contributed by atoms with Crippen LogP contribution in [0.25, 0.3) is 0 Å². The van der Waals surface area contributed by atoms with Crippen molar-refractivity contribution in [1.82, 2.24) is 0 Å². The number of nitro groups is 2. The van der Waals surface area contributed by atoms with Crippen molar-refractivity contribution in [2.45, 2.75) is 0 Å². The molecule has 12 heavy (non-hydrogen) atoms. The van der Waals surface area contributed by atoms with Crippen molar-refractivity contribution < 1.29 is 9.85 Å². The highest BCUT2D eigenvalue weighted by molar-refractivity contribution is 5.48. The average molecular weight is 166 g/mol. The Balaban J connectivity index is 3.27. The lowest BCUT2D eigenvalue weighted by atomic mass is 10.3. The van der Waals surface area contributed by atoms with E-state index in [-0.39, 0.29) is 0 Å². The Morgan fingerprint density at radius 2 is 1.92 bits per heavy atom. The molecule has 1 aromatic carbocycles. The number of hydrogen-bond acceptors (Lipinski definition) is 4. The van der Waals surface area contributed by atoms with E-state index in [0.717, 1.165) is 6.07 Å². The number of hydrogen-bond donors (Lipinski definition) is 0. The maximum absolute atomic E-state index is 10.2. The van der Waals surface area contributed by atoms with Gasteiger partial charge in [0.15, 0.2) is 0 Å². The van der Waals surface area contributed by atoms with E-state index in [1.54, 1.807) is 0 Å². The minimum atomic E-state index is -0.866. The average Bonchev–Trinajstić information content (AvgIpc) is 2.04. The minimum Gasteiger partial charge on any atom is -0.258 e. The van der Waals surface area contributed by atoms with E-state index >= 15 is 0 Å². The molecule has 0 aliphatic heterocycles. The van der Waals surface area contributed by atoms with Crippen molar-refractivity contribution in [2.24, 2.45) is 0 Å². The van der Waals surface area contributed by atoms with Crippen LogP contribution < -0.4 is 0 Å². The molecule has 0 aliphatic rings. The van der Waals surface area contributed by atoms with Crippen LogP contribution in [0.5, 0.6) is 0 Å². The van der Waals surface area contributed by atoms with Crippen LogP contribution in [0.15, 0.2) is 12.1 Å². The molecule has 1 aromatic rings. The predicted molar refractivity (Wildman–Crippen MR) is 37.4 cm³/mol. The summed E-state index contributed by atoms with van der Waals surface area (Å²) in [5.41, 5.74) is -1.23. The van der Waals surface area contributed by atoms with Crippen molar-refractivity contribution in [1.29, 1.82) is 0 Å². The zero-order valence-corrected chi connectivity index (χ0v) is 5.68. The van der Waals surface area contributed by atoms with Crippen LogP contribution in [0, 0.1) is 32.4 Å². The monoisotopic (exact) mass is 166 g/mol. The van der Waals surface area contributed by atoms with Crippen LogP contribution in [-0.4, -0.2) is 9.85 Å². The van der Waals surface area contributed by atoms with Gasteiger partial charge in [-0.25, -0.2) is 0 Å². The Kier molecular flexibility index (Phi) is 1.88. The third kappa shape index (κ3) is 1.29. The molecule has 0 saturated heterocycles. The van der Waals surface area contributed by atoms with Gasteiger partial charge >= 0.3 is 11.4 Å². The van der Waals surface area contributed by atoms with Crippen molar-refractivity contribution in [3.63, 3.8) is 0 Å². The van der Waals surface area contributed by atoms with Gasteiger partial charge in [0.2, 0.25) is 0 Å². The Morgan fingerprint density at radius 3 is 2.33 bits per heavy atom. The Morgan fingerprint density at radius 1 is 1.25 bits per heavy atom. The summed E-state index contributed by atoms with van der Waals surface area (Å²) in [6, 6.07) is 6.53. The molecule has 0 N–H and O–H groups in total. The van der Waals surface area contributed by atoms with Crippen LogP contribution in [0.1, 0.15) is 0 Å². The maximum Gasteiger partial charge on any atom is 0.396 e. The lowest BCUT2D eigenvalue weighted by molar-refractivity contribution is -0.422. The van der Waals surface area contributed by atoms with Gasteiger partial charge in [-0.15, -0.1) is 0 Å². The van der Waals surface area contributed by atoms with Crippen LogP contribution >= 0.6 is 0 Å². The van der Waals surface area contributed by atoms with E-state index < -0.39 is 21.2 Å². The second-order valence-corrected chi connectivity index (χ2v) is 1.85. The van der Waals surface area contributed by atoms with E-state index in [1.165, 1.54) is 6.07 Å². The fraction of sp³-hybridized carbons (Fsp3) is 0. The molecule has 0 aliphatic carbocycles. The standard InChI is InChI=1S/C6H2N2O4/c9-7(10)5-3-1-2-4-6(5)8(11)12/h1,3H. The second-order valence-electron chi connectivity index (χ2n) is 1.85. The Bertz CT molecular complexity index is 303. The van der Waals surface area contributed by atoms with Gasteiger partial charge in [0.05, 0.1) is 9.85 Å². The molecule has 0 amide bonds. The zero-order valence-electron chi connectivity index (χ0n) is 5.68. The first kappa shape index (κ1) is 7.94. The molecule has 0 bridgehead atoms. The summed E-state index contributed by atoms with van der Waals surface area (Å²) in [4.78, 5) is 18.7. The highest BCUT2D eigenvalue weighted by Gasteiger charge is 2.22. The van der Waals surface area contributed by atoms with E-state index in [9.17, 15) is 20.2 Å². The van der Waals surface area contributed by atoms with E-state index in [4.69, 9.17) is 0 Å². The lowest BCUT2D eigenvalue weighted by Crippen LogP contribution is -1.94. The largest absolute Gasteiger partial charge is 0.396 e. The predicted octanol–water partition coefficient (Wildman–Crippen LogP) is 1.10. The molecule has 1 rings (SSSR count). The van der Waals surface area contributed by atoms with Gasteiger partial charge in [-0.1, -0.05) is 6.07 Å². The summed E-state index contributed by atoms with van der Waals surface area (Å²) in [6.07, 6.45) is 0. The zero-order chi connectivity index (χ0) is 9.14. The van der Waals surface area contributed by atoms with Gasteiger partial charge in [0.25, 0.3) is 0 Å². The summed E-state index contributed by atoms with van der Waals surface area (Å²) >= 11 is 0. The highest BCUT2D eigenvalue weighted by atomic mass is 16.6. The quantitative estimate of drug-likeness (QED) is 0.486. The van der Waals surface area contributed by atoms with Crippen LogP contribution in [0.4, 0.5) is 11.4 Å². The maximum atomic E-state index is 10.2.